The van der Waals surface area contributed by atoms with Crippen molar-refractivity contribution in [3.63, 3.8) is 0 Å². The number of aromatic nitrogens is 2. The van der Waals surface area contributed by atoms with Gasteiger partial charge in [-0.2, -0.15) is 5.10 Å². The third kappa shape index (κ3) is 3.28. The Morgan fingerprint density at radius 2 is 1.75 bits per heavy atom. The van der Waals surface area contributed by atoms with Gasteiger partial charge < -0.3 is 5.32 Å². The monoisotopic (exact) mass is 463 g/mol. The van der Waals surface area contributed by atoms with Gasteiger partial charge >= 0.3 is 0 Å². The zero-order valence-corrected chi connectivity index (χ0v) is 16.4. The lowest BCUT2D eigenvalue weighted by atomic mass is 10.2. The summed E-state index contributed by atoms with van der Waals surface area (Å²) in [5.74, 6) is 0. The number of hydrogen-bond acceptors (Lipinski definition) is 2. The van der Waals surface area contributed by atoms with Gasteiger partial charge in [0.15, 0.2) is 0 Å². The summed E-state index contributed by atoms with van der Waals surface area (Å²) in [7, 11) is 0. The molecule has 0 bridgehead atoms. The van der Waals surface area contributed by atoms with Crippen molar-refractivity contribution in [3.8, 4) is 0 Å². The minimum absolute atomic E-state index is 0.718. The number of anilines is 1. The standard InChI is InChI=1S/C14H16Br3N3/c1-4-20-12(13(17)9(3)19-20)7-18-14-10(15)5-8(2)6-11(14)16/h5-6,18H,4,7H2,1-3H3. The first-order valence-corrected chi connectivity index (χ1v) is 8.73. The van der Waals surface area contributed by atoms with Crippen molar-refractivity contribution in [1.82, 2.24) is 9.78 Å². The Labute approximate surface area is 144 Å². The van der Waals surface area contributed by atoms with Gasteiger partial charge in [0.25, 0.3) is 0 Å². The highest BCUT2D eigenvalue weighted by Crippen LogP contribution is 2.33. The van der Waals surface area contributed by atoms with Crippen LogP contribution in [0.25, 0.3) is 0 Å². The van der Waals surface area contributed by atoms with Crippen LogP contribution >= 0.6 is 47.8 Å². The first kappa shape index (κ1) is 16.0. The largest absolute Gasteiger partial charge is 0.378 e. The Kier molecular flexibility index (Phi) is 5.31. The zero-order valence-electron chi connectivity index (χ0n) is 11.6. The molecule has 0 radical (unpaired) electrons. The second-order valence-electron chi connectivity index (χ2n) is 4.62. The van der Waals surface area contributed by atoms with Crippen molar-refractivity contribution in [1.29, 1.82) is 0 Å². The molecule has 1 N–H and O–H groups in total. The zero-order chi connectivity index (χ0) is 14.9. The number of aryl methyl sites for hydroxylation is 3. The predicted octanol–water partition coefficient (Wildman–Crippen LogP) is 5.42. The maximum Gasteiger partial charge on any atom is 0.0739 e. The van der Waals surface area contributed by atoms with Crippen LogP contribution in [0.1, 0.15) is 23.9 Å². The molecule has 1 aromatic heterocycles. The molecule has 2 aromatic rings. The second kappa shape index (κ2) is 6.62. The summed E-state index contributed by atoms with van der Waals surface area (Å²) >= 11 is 10.8. The molecule has 0 aliphatic heterocycles. The Balaban J connectivity index is 2.26. The van der Waals surface area contributed by atoms with Gasteiger partial charge in [0.05, 0.1) is 28.1 Å². The van der Waals surface area contributed by atoms with Crippen LogP contribution < -0.4 is 5.32 Å². The third-order valence-corrected chi connectivity index (χ3v) is 5.35. The summed E-state index contributed by atoms with van der Waals surface area (Å²) in [6, 6.07) is 4.20. The van der Waals surface area contributed by atoms with E-state index in [1.54, 1.807) is 0 Å². The SMILES string of the molecule is CCn1nc(C)c(Br)c1CNc1c(Br)cc(C)cc1Br. The van der Waals surface area contributed by atoms with Crippen LogP contribution in [0.2, 0.25) is 0 Å². The van der Waals surface area contributed by atoms with Gasteiger partial charge in [0, 0.05) is 15.5 Å². The molecule has 20 heavy (non-hydrogen) atoms. The number of nitrogens with one attached hydrogen (secondary N) is 1. The topological polar surface area (TPSA) is 29.9 Å². The normalized spacial score (nSPS) is 10.9. The highest BCUT2D eigenvalue weighted by molar-refractivity contribution is 9.11. The highest BCUT2D eigenvalue weighted by Gasteiger charge is 2.13. The number of nitrogens with zero attached hydrogens (tertiary/aromatic N) is 2. The van der Waals surface area contributed by atoms with E-state index in [1.165, 1.54) is 5.56 Å². The van der Waals surface area contributed by atoms with E-state index in [9.17, 15) is 0 Å². The van der Waals surface area contributed by atoms with Crippen LogP contribution in [0.15, 0.2) is 25.6 Å². The lowest BCUT2D eigenvalue weighted by Crippen LogP contribution is -2.09. The van der Waals surface area contributed by atoms with Crippen molar-refractivity contribution in [2.45, 2.75) is 33.9 Å². The average molecular weight is 466 g/mol. The Hall–Kier alpha value is -0.330. The minimum Gasteiger partial charge on any atom is -0.378 e. The van der Waals surface area contributed by atoms with Gasteiger partial charge in [-0.3, -0.25) is 4.68 Å². The molecule has 0 atom stereocenters. The first-order valence-electron chi connectivity index (χ1n) is 6.35. The lowest BCUT2D eigenvalue weighted by Gasteiger charge is -2.13. The Bertz CT molecular complexity index is 612. The number of halogens is 3. The van der Waals surface area contributed by atoms with Crippen LogP contribution in [0.3, 0.4) is 0 Å². The summed E-state index contributed by atoms with van der Waals surface area (Å²) in [5.41, 5.74) is 4.45. The maximum atomic E-state index is 4.51. The lowest BCUT2D eigenvalue weighted by molar-refractivity contribution is 0.622. The molecule has 3 nitrogen and oxygen atoms in total. The van der Waals surface area contributed by atoms with Crippen LogP contribution in [0.5, 0.6) is 0 Å². The molecule has 0 saturated carbocycles. The van der Waals surface area contributed by atoms with Crippen LogP contribution in [-0.2, 0) is 13.1 Å². The van der Waals surface area contributed by atoms with Gasteiger partial charge in [-0.25, -0.2) is 0 Å². The quantitative estimate of drug-likeness (QED) is 0.653. The highest BCUT2D eigenvalue weighted by atomic mass is 79.9. The smallest absolute Gasteiger partial charge is 0.0739 e. The van der Waals surface area contributed by atoms with Gasteiger partial charge in [0.1, 0.15) is 0 Å². The van der Waals surface area contributed by atoms with E-state index < -0.39 is 0 Å². The fourth-order valence-electron chi connectivity index (χ4n) is 2.08. The van der Waals surface area contributed by atoms with Crippen LogP contribution in [0, 0.1) is 13.8 Å². The molecule has 0 fully saturated rings. The van der Waals surface area contributed by atoms with Crippen molar-refractivity contribution >= 4 is 53.5 Å². The number of hydrogen-bond donors (Lipinski definition) is 1. The molecular weight excluding hydrogens is 450 g/mol. The molecule has 6 heteroatoms. The maximum absolute atomic E-state index is 4.51. The third-order valence-electron chi connectivity index (χ3n) is 3.07. The fraction of sp³-hybridized carbons (Fsp3) is 0.357. The van der Waals surface area contributed by atoms with E-state index in [4.69, 9.17) is 0 Å². The minimum atomic E-state index is 0.718. The predicted molar refractivity (Wildman–Crippen MR) is 94.2 cm³/mol. The molecule has 2 rings (SSSR count). The van der Waals surface area contributed by atoms with Crippen molar-refractivity contribution < 1.29 is 0 Å². The Morgan fingerprint density at radius 1 is 1.15 bits per heavy atom. The van der Waals surface area contributed by atoms with Gasteiger partial charge in [0.2, 0.25) is 0 Å². The van der Waals surface area contributed by atoms with Gasteiger partial charge in [-0.05, 0) is 86.3 Å². The summed E-state index contributed by atoms with van der Waals surface area (Å²) in [6.07, 6.45) is 0. The summed E-state index contributed by atoms with van der Waals surface area (Å²) in [4.78, 5) is 0. The fourth-order valence-corrected chi connectivity index (χ4v) is 4.20. The molecule has 1 heterocycles. The average Bonchev–Trinajstić information content (AvgIpc) is 2.64. The van der Waals surface area contributed by atoms with Crippen molar-refractivity contribution in [2.75, 3.05) is 5.32 Å². The van der Waals surface area contributed by atoms with Gasteiger partial charge in [-0.1, -0.05) is 0 Å². The summed E-state index contributed by atoms with van der Waals surface area (Å²) in [6.45, 7) is 7.76. The molecular formula is C14H16Br3N3. The molecule has 0 unspecified atom stereocenters. The van der Waals surface area contributed by atoms with E-state index in [1.807, 2.05) is 11.6 Å². The summed E-state index contributed by atoms with van der Waals surface area (Å²) < 4.78 is 5.20. The number of benzene rings is 1. The Morgan fingerprint density at radius 3 is 2.30 bits per heavy atom. The van der Waals surface area contributed by atoms with E-state index in [0.29, 0.717) is 0 Å². The summed E-state index contributed by atoms with van der Waals surface area (Å²) in [5, 5.41) is 7.98. The first-order chi connectivity index (χ1) is 9.43. The van der Waals surface area contributed by atoms with Crippen LogP contribution in [0.4, 0.5) is 5.69 Å². The van der Waals surface area contributed by atoms with E-state index in [2.05, 4.69) is 84.2 Å². The molecule has 0 spiro atoms. The van der Waals surface area contributed by atoms with E-state index in [-0.39, 0.29) is 0 Å². The number of rotatable bonds is 4. The van der Waals surface area contributed by atoms with Crippen molar-refractivity contribution in [2.24, 2.45) is 0 Å². The molecule has 1 aromatic carbocycles. The molecule has 0 aliphatic carbocycles. The van der Waals surface area contributed by atoms with E-state index >= 15 is 0 Å². The molecule has 0 amide bonds. The molecule has 108 valence electrons. The van der Waals surface area contributed by atoms with Crippen LogP contribution in [-0.4, -0.2) is 9.78 Å². The molecule has 0 saturated heterocycles. The molecule has 0 aliphatic rings. The second-order valence-corrected chi connectivity index (χ2v) is 7.12. The van der Waals surface area contributed by atoms with E-state index in [0.717, 1.165) is 43.6 Å². The van der Waals surface area contributed by atoms with Gasteiger partial charge in [-0.15, -0.1) is 0 Å². The van der Waals surface area contributed by atoms with Crippen molar-refractivity contribution in [3.05, 3.63) is 42.5 Å².